The number of anilines is 1. The van der Waals surface area contributed by atoms with Crippen LogP contribution in [-0.2, 0) is 11.3 Å². The summed E-state index contributed by atoms with van der Waals surface area (Å²) >= 11 is 0. The van der Waals surface area contributed by atoms with E-state index < -0.39 is 5.60 Å². The van der Waals surface area contributed by atoms with Crippen molar-refractivity contribution >= 4 is 23.2 Å². The van der Waals surface area contributed by atoms with Gasteiger partial charge in [0.25, 0.3) is 0 Å². The second kappa shape index (κ2) is 10.6. The number of hydrogen-bond acceptors (Lipinski definition) is 6. The lowest BCUT2D eigenvalue weighted by atomic mass is 10.0. The number of hydrogen-bond donors (Lipinski definition) is 1. The Bertz CT molecular complexity index is 1010. The van der Waals surface area contributed by atoms with E-state index in [4.69, 9.17) is 4.74 Å². The van der Waals surface area contributed by atoms with Gasteiger partial charge in [-0.1, -0.05) is 6.58 Å². The zero-order chi connectivity index (χ0) is 24.0. The molecule has 0 saturated carbocycles. The fourth-order valence-corrected chi connectivity index (χ4v) is 3.67. The Morgan fingerprint density at radius 1 is 1.15 bits per heavy atom. The molecule has 2 aromatic heterocycles. The minimum Gasteiger partial charge on any atom is -0.444 e. The Morgan fingerprint density at radius 3 is 2.39 bits per heavy atom. The predicted molar refractivity (Wildman–Crippen MR) is 132 cm³/mol. The molecule has 0 aliphatic carbocycles. The van der Waals surface area contributed by atoms with Crippen LogP contribution in [0.15, 0.2) is 48.5 Å². The standard InChI is InChI=1S/C25H34N6O2/c1-18(2)20-15-28-16-22(29-23(26-6)19-7-9-27-10-8-19)21(20)17-30-11-13-31(14-12-30)24(32)33-25(3,4)5/h7-10,15-16H,1,11-14,17H2,2-6H3,(H,26,29). The molecule has 1 fully saturated rings. The SMILES string of the molecule is C=C(C)c1cncc(NC(=NC)c2ccncc2)c1CN1CCN(C(=O)OC(C)(C)C)CC1. The molecular weight excluding hydrogens is 416 g/mol. The Hall–Kier alpha value is -3.26. The molecule has 3 rings (SSSR count). The molecule has 1 aliphatic rings. The summed E-state index contributed by atoms with van der Waals surface area (Å²) in [6.45, 7) is 15.3. The van der Waals surface area contributed by atoms with Gasteiger partial charge in [0.1, 0.15) is 11.4 Å². The molecule has 0 bridgehead atoms. The van der Waals surface area contributed by atoms with Gasteiger partial charge in [0.05, 0.1) is 11.9 Å². The summed E-state index contributed by atoms with van der Waals surface area (Å²) < 4.78 is 5.52. The maximum absolute atomic E-state index is 12.4. The molecule has 0 atom stereocenters. The van der Waals surface area contributed by atoms with E-state index in [1.54, 1.807) is 24.3 Å². The summed E-state index contributed by atoms with van der Waals surface area (Å²) in [4.78, 5) is 29.5. The summed E-state index contributed by atoms with van der Waals surface area (Å²) in [6, 6.07) is 3.84. The fraction of sp³-hybridized carbons (Fsp3) is 0.440. The first-order chi connectivity index (χ1) is 15.7. The maximum Gasteiger partial charge on any atom is 0.410 e. The quantitative estimate of drug-likeness (QED) is 0.547. The molecule has 8 nitrogen and oxygen atoms in total. The van der Waals surface area contributed by atoms with Crippen LogP contribution in [0.25, 0.3) is 5.57 Å². The summed E-state index contributed by atoms with van der Waals surface area (Å²) in [6.07, 6.45) is 6.92. The third-order valence-electron chi connectivity index (χ3n) is 5.35. The largest absolute Gasteiger partial charge is 0.444 e. The van der Waals surface area contributed by atoms with Crippen LogP contribution in [0, 0.1) is 0 Å². The minimum atomic E-state index is -0.491. The molecule has 2 aromatic rings. The van der Waals surface area contributed by atoms with Gasteiger partial charge in [-0.05, 0) is 45.4 Å². The lowest BCUT2D eigenvalue weighted by Gasteiger charge is -2.36. The highest BCUT2D eigenvalue weighted by Crippen LogP contribution is 2.27. The second-order valence-corrected chi connectivity index (χ2v) is 9.17. The monoisotopic (exact) mass is 450 g/mol. The van der Waals surface area contributed by atoms with Gasteiger partial charge < -0.3 is 15.0 Å². The van der Waals surface area contributed by atoms with Crippen LogP contribution in [0.4, 0.5) is 10.5 Å². The van der Waals surface area contributed by atoms with Gasteiger partial charge in [-0.2, -0.15) is 0 Å². The number of carbonyl (C=O) groups is 1. The number of carbonyl (C=O) groups excluding carboxylic acids is 1. The molecule has 3 heterocycles. The van der Waals surface area contributed by atoms with Crippen molar-refractivity contribution < 1.29 is 9.53 Å². The van der Waals surface area contributed by atoms with Crippen molar-refractivity contribution in [2.45, 2.75) is 39.8 Å². The van der Waals surface area contributed by atoms with Crippen molar-refractivity contribution in [1.82, 2.24) is 19.8 Å². The number of pyridine rings is 2. The molecule has 1 N–H and O–H groups in total. The lowest BCUT2D eigenvalue weighted by molar-refractivity contribution is 0.0139. The van der Waals surface area contributed by atoms with Crippen molar-refractivity contribution in [3.63, 3.8) is 0 Å². The highest BCUT2D eigenvalue weighted by atomic mass is 16.6. The molecule has 176 valence electrons. The van der Waals surface area contributed by atoms with Crippen LogP contribution in [0.1, 0.15) is 44.4 Å². The van der Waals surface area contributed by atoms with E-state index in [0.717, 1.165) is 46.9 Å². The summed E-state index contributed by atoms with van der Waals surface area (Å²) in [5.74, 6) is 0.745. The van der Waals surface area contributed by atoms with E-state index >= 15 is 0 Å². The third kappa shape index (κ3) is 6.61. The van der Waals surface area contributed by atoms with E-state index in [9.17, 15) is 4.79 Å². The number of allylic oxidation sites excluding steroid dienone is 1. The Balaban J connectivity index is 1.76. The molecule has 0 radical (unpaired) electrons. The average Bonchev–Trinajstić information content (AvgIpc) is 2.78. The van der Waals surface area contributed by atoms with Gasteiger partial charge >= 0.3 is 6.09 Å². The van der Waals surface area contributed by atoms with Crippen molar-refractivity contribution in [2.75, 3.05) is 38.5 Å². The number of nitrogens with zero attached hydrogens (tertiary/aromatic N) is 5. The van der Waals surface area contributed by atoms with Crippen LogP contribution in [0.2, 0.25) is 0 Å². The molecular formula is C25H34N6O2. The molecule has 0 unspecified atom stereocenters. The highest BCUT2D eigenvalue weighted by Gasteiger charge is 2.26. The number of amidine groups is 1. The molecule has 8 heteroatoms. The molecule has 1 saturated heterocycles. The van der Waals surface area contributed by atoms with E-state index in [2.05, 4.69) is 31.8 Å². The first kappa shape index (κ1) is 24.4. The third-order valence-corrected chi connectivity index (χ3v) is 5.35. The van der Waals surface area contributed by atoms with E-state index in [1.807, 2.05) is 52.2 Å². The van der Waals surface area contributed by atoms with Gasteiger partial charge in [0, 0.05) is 75.1 Å². The zero-order valence-electron chi connectivity index (χ0n) is 20.3. The first-order valence-corrected chi connectivity index (χ1v) is 11.1. The average molecular weight is 451 g/mol. The van der Waals surface area contributed by atoms with E-state index in [-0.39, 0.29) is 6.09 Å². The topological polar surface area (TPSA) is 83.0 Å². The summed E-state index contributed by atoms with van der Waals surface area (Å²) in [7, 11) is 1.76. The van der Waals surface area contributed by atoms with Crippen LogP contribution >= 0.6 is 0 Å². The Morgan fingerprint density at radius 2 is 1.82 bits per heavy atom. The van der Waals surface area contributed by atoms with Gasteiger partial charge in [0.15, 0.2) is 0 Å². The maximum atomic E-state index is 12.4. The lowest BCUT2D eigenvalue weighted by Crippen LogP contribution is -2.49. The van der Waals surface area contributed by atoms with Gasteiger partial charge in [-0.25, -0.2) is 4.79 Å². The van der Waals surface area contributed by atoms with Gasteiger partial charge in [-0.15, -0.1) is 0 Å². The first-order valence-electron chi connectivity index (χ1n) is 11.1. The molecule has 0 aromatic carbocycles. The van der Waals surface area contributed by atoms with Gasteiger partial charge in [0.2, 0.25) is 0 Å². The summed E-state index contributed by atoms with van der Waals surface area (Å²) in [5, 5.41) is 3.46. The molecule has 1 aliphatic heterocycles. The number of aromatic nitrogens is 2. The van der Waals surface area contributed by atoms with Crippen molar-refractivity contribution in [2.24, 2.45) is 4.99 Å². The number of piperazine rings is 1. The van der Waals surface area contributed by atoms with E-state index in [1.165, 1.54) is 0 Å². The van der Waals surface area contributed by atoms with Crippen molar-refractivity contribution in [1.29, 1.82) is 0 Å². The molecule has 33 heavy (non-hydrogen) atoms. The highest BCUT2D eigenvalue weighted by molar-refractivity contribution is 6.08. The molecule has 0 spiro atoms. The normalized spacial score (nSPS) is 15.3. The predicted octanol–water partition coefficient (Wildman–Crippen LogP) is 4.05. The fourth-order valence-electron chi connectivity index (χ4n) is 3.67. The second-order valence-electron chi connectivity index (χ2n) is 9.17. The van der Waals surface area contributed by atoms with Crippen LogP contribution in [-0.4, -0.2) is 70.5 Å². The number of nitrogens with one attached hydrogen (secondary N) is 1. The van der Waals surface area contributed by atoms with E-state index in [0.29, 0.717) is 19.6 Å². The summed E-state index contributed by atoms with van der Waals surface area (Å²) in [5.41, 5.74) is 4.42. The number of amides is 1. The number of ether oxygens (including phenoxy) is 1. The van der Waals surface area contributed by atoms with Crippen molar-refractivity contribution in [3.05, 3.63) is 60.2 Å². The number of rotatable bonds is 5. The Kier molecular flexibility index (Phi) is 7.81. The molecule has 1 amide bonds. The van der Waals surface area contributed by atoms with Crippen LogP contribution in [0.5, 0.6) is 0 Å². The zero-order valence-corrected chi connectivity index (χ0v) is 20.3. The smallest absolute Gasteiger partial charge is 0.410 e. The van der Waals surface area contributed by atoms with Crippen LogP contribution in [0.3, 0.4) is 0 Å². The van der Waals surface area contributed by atoms with Gasteiger partial charge in [-0.3, -0.25) is 19.9 Å². The Labute approximate surface area is 196 Å². The number of aliphatic imine (C=N–C) groups is 1. The van der Waals surface area contributed by atoms with Crippen LogP contribution < -0.4 is 5.32 Å². The minimum absolute atomic E-state index is 0.253. The van der Waals surface area contributed by atoms with Crippen molar-refractivity contribution in [3.8, 4) is 0 Å².